The molecule has 1 atom stereocenters. The fourth-order valence-electron chi connectivity index (χ4n) is 2.14. The van der Waals surface area contributed by atoms with Crippen molar-refractivity contribution in [3.05, 3.63) is 16.0 Å². The van der Waals surface area contributed by atoms with Crippen LogP contribution in [0.3, 0.4) is 0 Å². The summed E-state index contributed by atoms with van der Waals surface area (Å²) < 4.78 is 1.07. The highest BCUT2D eigenvalue weighted by Gasteiger charge is 2.34. The molecule has 4 heteroatoms. The highest BCUT2D eigenvalue weighted by Crippen LogP contribution is 2.38. The molecule has 0 aromatic carbocycles. The molecule has 0 spiro atoms. The van der Waals surface area contributed by atoms with E-state index in [-0.39, 0.29) is 0 Å². The van der Waals surface area contributed by atoms with Crippen molar-refractivity contribution in [2.75, 3.05) is 5.32 Å². The van der Waals surface area contributed by atoms with Crippen molar-refractivity contribution in [2.45, 2.75) is 39.2 Å². The molecule has 2 rings (SSSR count). The molecule has 1 aromatic heterocycles. The Morgan fingerprint density at radius 1 is 1.40 bits per heavy atom. The van der Waals surface area contributed by atoms with Crippen LogP contribution in [0.2, 0.25) is 0 Å². The molecular formula is C11H16IN3. The van der Waals surface area contributed by atoms with Gasteiger partial charge in [-0.2, -0.15) is 0 Å². The van der Waals surface area contributed by atoms with Crippen LogP contribution < -0.4 is 5.32 Å². The van der Waals surface area contributed by atoms with E-state index in [1.165, 1.54) is 19.3 Å². The van der Waals surface area contributed by atoms with Crippen LogP contribution in [0.1, 0.15) is 33.1 Å². The maximum Gasteiger partial charge on any atom is 0.222 e. The van der Waals surface area contributed by atoms with Gasteiger partial charge in [0.25, 0.3) is 0 Å². The van der Waals surface area contributed by atoms with E-state index in [4.69, 9.17) is 0 Å². The molecule has 1 heterocycles. The Morgan fingerprint density at radius 2 is 2.07 bits per heavy atom. The Kier molecular flexibility index (Phi) is 3.13. The van der Waals surface area contributed by atoms with Gasteiger partial charge in [0.15, 0.2) is 0 Å². The lowest BCUT2D eigenvalue weighted by molar-refractivity contribution is 0.349. The van der Waals surface area contributed by atoms with Crippen molar-refractivity contribution in [2.24, 2.45) is 5.41 Å². The van der Waals surface area contributed by atoms with Crippen LogP contribution in [0, 0.1) is 8.99 Å². The van der Waals surface area contributed by atoms with E-state index in [9.17, 15) is 0 Å². The highest BCUT2D eigenvalue weighted by atomic mass is 127. The van der Waals surface area contributed by atoms with E-state index in [1.807, 2.05) is 12.4 Å². The van der Waals surface area contributed by atoms with Crippen molar-refractivity contribution in [3.63, 3.8) is 0 Å². The van der Waals surface area contributed by atoms with Gasteiger partial charge in [0.05, 0.1) is 0 Å². The predicted molar refractivity (Wildman–Crippen MR) is 69.8 cm³/mol. The molecule has 0 bridgehead atoms. The summed E-state index contributed by atoms with van der Waals surface area (Å²) in [5, 5.41) is 3.43. The summed E-state index contributed by atoms with van der Waals surface area (Å²) in [6.07, 6.45) is 7.50. The Morgan fingerprint density at radius 3 is 2.60 bits per heavy atom. The topological polar surface area (TPSA) is 37.8 Å². The fraction of sp³-hybridized carbons (Fsp3) is 0.636. The molecule has 1 unspecified atom stereocenters. The van der Waals surface area contributed by atoms with Crippen LogP contribution in [0.25, 0.3) is 0 Å². The van der Waals surface area contributed by atoms with Gasteiger partial charge >= 0.3 is 0 Å². The lowest BCUT2D eigenvalue weighted by Crippen LogP contribution is -2.31. The van der Waals surface area contributed by atoms with E-state index < -0.39 is 0 Å². The van der Waals surface area contributed by atoms with E-state index in [0.717, 1.165) is 9.52 Å². The molecule has 0 aliphatic heterocycles. The Balaban J connectivity index is 2.06. The zero-order valence-corrected chi connectivity index (χ0v) is 11.3. The highest BCUT2D eigenvalue weighted by molar-refractivity contribution is 14.1. The molecule has 0 radical (unpaired) electrons. The summed E-state index contributed by atoms with van der Waals surface area (Å²) in [4.78, 5) is 8.56. The van der Waals surface area contributed by atoms with Crippen LogP contribution in [-0.4, -0.2) is 16.0 Å². The minimum Gasteiger partial charge on any atom is -0.351 e. The molecule has 1 fully saturated rings. The van der Waals surface area contributed by atoms with Gasteiger partial charge in [0.2, 0.25) is 5.95 Å². The first-order valence-corrected chi connectivity index (χ1v) is 6.40. The van der Waals surface area contributed by atoms with E-state index >= 15 is 0 Å². The van der Waals surface area contributed by atoms with Crippen LogP contribution in [0.4, 0.5) is 5.95 Å². The first-order chi connectivity index (χ1) is 7.08. The van der Waals surface area contributed by atoms with Crippen molar-refractivity contribution < 1.29 is 0 Å². The average molecular weight is 317 g/mol. The number of nitrogens with zero attached hydrogens (tertiary/aromatic N) is 2. The molecule has 1 aliphatic carbocycles. The number of hydrogen-bond acceptors (Lipinski definition) is 3. The zero-order chi connectivity index (χ0) is 10.9. The summed E-state index contributed by atoms with van der Waals surface area (Å²) in [5.74, 6) is 0.760. The Bertz CT molecular complexity index is 334. The van der Waals surface area contributed by atoms with Gasteiger partial charge in [0, 0.05) is 22.0 Å². The smallest absolute Gasteiger partial charge is 0.222 e. The summed E-state index contributed by atoms with van der Waals surface area (Å²) in [7, 11) is 0. The summed E-state index contributed by atoms with van der Waals surface area (Å²) in [6, 6.07) is 0.512. The standard InChI is InChI=1S/C11H16IN3/c1-11(2)5-3-4-9(11)15-10-13-6-8(12)7-14-10/h6-7,9H,3-5H2,1-2H3,(H,13,14,15). The predicted octanol–water partition coefficient (Wildman–Crippen LogP) is 3.07. The quantitative estimate of drug-likeness (QED) is 0.852. The van der Waals surface area contributed by atoms with E-state index in [1.54, 1.807) is 0 Å². The Hall–Kier alpha value is -0.390. The third-order valence-corrected chi connectivity index (χ3v) is 3.74. The van der Waals surface area contributed by atoms with Gasteiger partial charge in [-0.15, -0.1) is 0 Å². The number of halogens is 1. The second-order valence-electron chi connectivity index (χ2n) is 4.80. The van der Waals surface area contributed by atoms with Crippen molar-refractivity contribution >= 4 is 28.5 Å². The first kappa shape index (κ1) is 11.1. The van der Waals surface area contributed by atoms with Gasteiger partial charge in [0.1, 0.15) is 0 Å². The second kappa shape index (κ2) is 4.23. The van der Waals surface area contributed by atoms with Crippen LogP contribution >= 0.6 is 22.6 Å². The molecule has 1 aromatic rings. The van der Waals surface area contributed by atoms with Crippen LogP contribution in [0.15, 0.2) is 12.4 Å². The first-order valence-electron chi connectivity index (χ1n) is 5.32. The van der Waals surface area contributed by atoms with Crippen molar-refractivity contribution in [1.29, 1.82) is 0 Å². The third-order valence-electron chi connectivity index (χ3n) is 3.18. The molecule has 82 valence electrons. The monoisotopic (exact) mass is 317 g/mol. The maximum absolute atomic E-state index is 4.28. The molecule has 3 nitrogen and oxygen atoms in total. The summed E-state index contributed by atoms with van der Waals surface area (Å²) >= 11 is 2.22. The number of anilines is 1. The normalized spacial score (nSPS) is 24.1. The summed E-state index contributed by atoms with van der Waals surface area (Å²) in [5.41, 5.74) is 0.367. The van der Waals surface area contributed by atoms with Crippen LogP contribution in [-0.2, 0) is 0 Å². The number of rotatable bonds is 2. The maximum atomic E-state index is 4.28. The van der Waals surface area contributed by atoms with Crippen molar-refractivity contribution in [1.82, 2.24) is 9.97 Å². The van der Waals surface area contributed by atoms with Gasteiger partial charge in [-0.05, 0) is 40.8 Å². The second-order valence-corrected chi connectivity index (χ2v) is 6.05. The molecular weight excluding hydrogens is 301 g/mol. The zero-order valence-electron chi connectivity index (χ0n) is 9.13. The van der Waals surface area contributed by atoms with Gasteiger partial charge in [-0.3, -0.25) is 0 Å². The van der Waals surface area contributed by atoms with Crippen LogP contribution in [0.5, 0.6) is 0 Å². The SMILES string of the molecule is CC1(C)CCCC1Nc1ncc(I)cn1. The number of hydrogen-bond donors (Lipinski definition) is 1. The fourth-order valence-corrected chi connectivity index (χ4v) is 2.42. The largest absolute Gasteiger partial charge is 0.351 e. The molecule has 15 heavy (non-hydrogen) atoms. The third kappa shape index (κ3) is 2.59. The molecule has 0 saturated heterocycles. The van der Waals surface area contributed by atoms with E-state index in [0.29, 0.717) is 11.5 Å². The van der Waals surface area contributed by atoms with Gasteiger partial charge < -0.3 is 5.32 Å². The van der Waals surface area contributed by atoms with Gasteiger partial charge in [-0.25, -0.2) is 9.97 Å². The lowest BCUT2D eigenvalue weighted by atomic mass is 9.87. The molecule has 0 amide bonds. The summed E-state index contributed by atoms with van der Waals surface area (Å²) in [6.45, 7) is 4.62. The number of nitrogens with one attached hydrogen (secondary N) is 1. The molecule has 1 saturated carbocycles. The molecule has 1 aliphatic rings. The average Bonchev–Trinajstić information content (AvgIpc) is 2.50. The van der Waals surface area contributed by atoms with E-state index in [2.05, 4.69) is 51.7 Å². The van der Waals surface area contributed by atoms with Gasteiger partial charge in [-0.1, -0.05) is 20.3 Å². The lowest BCUT2D eigenvalue weighted by Gasteiger charge is -2.27. The molecule has 1 N–H and O–H groups in total. The number of aromatic nitrogens is 2. The minimum absolute atomic E-state index is 0.367. The Labute approximate surface area is 104 Å². The minimum atomic E-state index is 0.367. The van der Waals surface area contributed by atoms with Crippen molar-refractivity contribution in [3.8, 4) is 0 Å².